The van der Waals surface area contributed by atoms with Crippen molar-refractivity contribution in [3.8, 4) is 0 Å². The monoisotopic (exact) mass is 306 g/mol. The number of anilines is 1. The summed E-state index contributed by atoms with van der Waals surface area (Å²) >= 11 is 0. The zero-order valence-corrected chi connectivity index (χ0v) is 11.0. The fourth-order valence-electron chi connectivity index (χ4n) is 1.44. The van der Waals surface area contributed by atoms with Crippen molar-refractivity contribution in [3.05, 3.63) is 29.3 Å². The number of rotatable bonds is 5. The molecule has 2 amide bonds. The van der Waals surface area contributed by atoms with E-state index in [0.29, 0.717) is 12.1 Å². The van der Waals surface area contributed by atoms with Crippen LogP contribution in [0.3, 0.4) is 0 Å². The summed E-state index contributed by atoms with van der Waals surface area (Å²) in [4.78, 5) is 22.4. The van der Waals surface area contributed by atoms with Crippen LogP contribution in [0.25, 0.3) is 0 Å². The molecule has 0 radical (unpaired) electrons. The number of amides is 2. The number of alkyl halides is 3. The number of halogens is 3. The molecule has 9 heteroatoms. The van der Waals surface area contributed by atoms with Crippen molar-refractivity contribution >= 4 is 17.7 Å². The lowest BCUT2D eigenvalue weighted by Gasteiger charge is -2.13. The summed E-state index contributed by atoms with van der Waals surface area (Å²) in [5.74, 6) is -1.45. The highest BCUT2D eigenvalue weighted by Crippen LogP contribution is 2.32. The van der Waals surface area contributed by atoms with Gasteiger partial charge in [-0.15, -0.1) is 0 Å². The van der Waals surface area contributed by atoms with Crippen molar-refractivity contribution in [1.29, 1.82) is 0 Å². The van der Waals surface area contributed by atoms with Crippen LogP contribution >= 0.6 is 0 Å². The third-order valence-electron chi connectivity index (χ3n) is 2.42. The smallest absolute Gasteiger partial charge is 0.416 e. The van der Waals surface area contributed by atoms with Crippen LogP contribution in [-0.2, 0) is 10.9 Å². The van der Waals surface area contributed by atoms with Crippen LogP contribution in [-0.4, -0.2) is 37.4 Å². The number of hydrogen-bond donors (Lipinski definition) is 3. The van der Waals surface area contributed by atoms with Crippen LogP contribution in [0.1, 0.15) is 15.9 Å². The second-order valence-corrected chi connectivity index (χ2v) is 3.94. The van der Waals surface area contributed by atoms with Gasteiger partial charge in [0, 0.05) is 13.7 Å². The molecule has 1 aromatic rings. The average molecular weight is 306 g/mol. The molecule has 0 saturated carbocycles. The van der Waals surface area contributed by atoms with Crippen LogP contribution in [0.2, 0.25) is 0 Å². The number of carboxylic acids is 1. The van der Waals surface area contributed by atoms with Crippen LogP contribution in [0.5, 0.6) is 0 Å². The Morgan fingerprint density at radius 1 is 1.33 bits per heavy atom. The van der Waals surface area contributed by atoms with E-state index in [9.17, 15) is 22.8 Å². The van der Waals surface area contributed by atoms with E-state index in [4.69, 9.17) is 5.11 Å². The Morgan fingerprint density at radius 2 is 2.00 bits per heavy atom. The SMILES string of the molecule is COCCNC(=O)Nc1cc(C(F)(F)F)ccc1C(=O)O. The molecule has 0 spiro atoms. The molecule has 0 heterocycles. The van der Waals surface area contributed by atoms with E-state index in [1.165, 1.54) is 7.11 Å². The van der Waals surface area contributed by atoms with Crippen molar-refractivity contribution in [2.75, 3.05) is 25.6 Å². The molecule has 21 heavy (non-hydrogen) atoms. The van der Waals surface area contributed by atoms with Gasteiger partial charge in [0.1, 0.15) is 0 Å². The van der Waals surface area contributed by atoms with Gasteiger partial charge in [0.25, 0.3) is 0 Å². The summed E-state index contributed by atoms with van der Waals surface area (Å²) in [6.45, 7) is 0.339. The second-order valence-electron chi connectivity index (χ2n) is 3.94. The summed E-state index contributed by atoms with van der Waals surface area (Å²) in [7, 11) is 1.41. The highest BCUT2D eigenvalue weighted by molar-refractivity contribution is 6.00. The molecule has 0 aliphatic carbocycles. The summed E-state index contributed by atoms with van der Waals surface area (Å²) in [5, 5.41) is 13.3. The summed E-state index contributed by atoms with van der Waals surface area (Å²) < 4.78 is 42.5. The van der Waals surface area contributed by atoms with E-state index < -0.39 is 35.0 Å². The van der Waals surface area contributed by atoms with Gasteiger partial charge in [0.2, 0.25) is 0 Å². The normalized spacial score (nSPS) is 11.0. The predicted molar refractivity (Wildman–Crippen MR) is 67.3 cm³/mol. The maximum atomic E-state index is 12.6. The average Bonchev–Trinajstić information content (AvgIpc) is 2.37. The van der Waals surface area contributed by atoms with Gasteiger partial charge < -0.3 is 20.5 Å². The zero-order chi connectivity index (χ0) is 16.0. The highest BCUT2D eigenvalue weighted by atomic mass is 19.4. The van der Waals surface area contributed by atoms with Crippen molar-refractivity contribution in [1.82, 2.24) is 5.32 Å². The summed E-state index contributed by atoms with van der Waals surface area (Å²) in [6.07, 6.45) is -4.64. The van der Waals surface area contributed by atoms with E-state index >= 15 is 0 Å². The van der Waals surface area contributed by atoms with Gasteiger partial charge >= 0.3 is 18.2 Å². The second kappa shape index (κ2) is 6.93. The molecule has 0 unspecified atom stereocenters. The lowest BCUT2D eigenvalue weighted by atomic mass is 10.1. The molecular formula is C12H13F3N2O4. The molecule has 116 valence electrons. The number of hydrogen-bond acceptors (Lipinski definition) is 3. The minimum Gasteiger partial charge on any atom is -0.478 e. The zero-order valence-electron chi connectivity index (χ0n) is 11.0. The number of carboxylic acid groups (broad SMARTS) is 1. The predicted octanol–water partition coefficient (Wildman–Crippen LogP) is 2.17. The topological polar surface area (TPSA) is 87.7 Å². The lowest BCUT2D eigenvalue weighted by Crippen LogP contribution is -2.32. The number of carbonyl (C=O) groups is 2. The van der Waals surface area contributed by atoms with Crippen molar-refractivity contribution < 1.29 is 32.6 Å². The van der Waals surface area contributed by atoms with E-state index in [1.54, 1.807) is 0 Å². The first-order chi connectivity index (χ1) is 9.75. The summed E-state index contributed by atoms with van der Waals surface area (Å²) in [5.41, 5.74) is -1.93. The minimum absolute atomic E-state index is 0.129. The largest absolute Gasteiger partial charge is 0.478 e. The van der Waals surface area contributed by atoms with Gasteiger partial charge in [-0.1, -0.05) is 0 Å². The highest BCUT2D eigenvalue weighted by Gasteiger charge is 2.31. The Kier molecular flexibility index (Phi) is 5.53. The van der Waals surface area contributed by atoms with E-state index in [-0.39, 0.29) is 13.2 Å². The van der Waals surface area contributed by atoms with Gasteiger partial charge in [-0.25, -0.2) is 9.59 Å². The van der Waals surface area contributed by atoms with Crippen LogP contribution in [0.4, 0.5) is 23.7 Å². The number of benzene rings is 1. The molecule has 0 atom stereocenters. The maximum absolute atomic E-state index is 12.6. The number of carbonyl (C=O) groups excluding carboxylic acids is 1. The standard InChI is InChI=1S/C12H13F3N2O4/c1-21-5-4-16-11(20)17-9-6-7(12(13,14)15)2-3-8(9)10(18)19/h2-3,6H,4-5H2,1H3,(H,18,19)(H2,16,17,20). The molecule has 3 N–H and O–H groups in total. The molecule has 0 bridgehead atoms. The Bertz CT molecular complexity index is 532. The van der Waals surface area contributed by atoms with Gasteiger partial charge in [-0.3, -0.25) is 0 Å². The van der Waals surface area contributed by atoms with Crippen LogP contribution < -0.4 is 10.6 Å². The molecule has 0 fully saturated rings. The van der Waals surface area contributed by atoms with Gasteiger partial charge in [-0.05, 0) is 18.2 Å². The first-order valence-electron chi connectivity index (χ1n) is 5.74. The van der Waals surface area contributed by atoms with Gasteiger partial charge in [0.05, 0.1) is 23.4 Å². The van der Waals surface area contributed by atoms with Crippen LogP contribution in [0.15, 0.2) is 18.2 Å². The Hall–Kier alpha value is -2.29. The molecule has 0 saturated heterocycles. The van der Waals surface area contributed by atoms with Crippen molar-refractivity contribution in [3.63, 3.8) is 0 Å². The first-order valence-corrected chi connectivity index (χ1v) is 5.74. The van der Waals surface area contributed by atoms with E-state index in [2.05, 4.69) is 15.4 Å². The molecule has 1 rings (SSSR count). The number of nitrogens with one attached hydrogen (secondary N) is 2. The fourth-order valence-corrected chi connectivity index (χ4v) is 1.44. The minimum atomic E-state index is -4.64. The van der Waals surface area contributed by atoms with Crippen LogP contribution in [0, 0.1) is 0 Å². The maximum Gasteiger partial charge on any atom is 0.416 e. The molecule has 0 aliphatic heterocycles. The third kappa shape index (κ3) is 4.95. The quantitative estimate of drug-likeness (QED) is 0.728. The Labute approximate surface area is 117 Å². The molecule has 1 aromatic carbocycles. The van der Waals surface area contributed by atoms with E-state index in [0.717, 1.165) is 6.07 Å². The molecule has 0 aromatic heterocycles. The number of ether oxygens (including phenoxy) is 1. The number of aromatic carboxylic acids is 1. The number of urea groups is 1. The summed E-state index contributed by atoms with van der Waals surface area (Å²) in [6, 6.07) is 1.17. The van der Waals surface area contributed by atoms with Gasteiger partial charge in [-0.2, -0.15) is 13.2 Å². The van der Waals surface area contributed by atoms with Crippen molar-refractivity contribution in [2.24, 2.45) is 0 Å². The molecular weight excluding hydrogens is 293 g/mol. The van der Waals surface area contributed by atoms with Gasteiger partial charge in [0.15, 0.2) is 0 Å². The Morgan fingerprint density at radius 3 is 2.52 bits per heavy atom. The van der Waals surface area contributed by atoms with Crippen molar-refractivity contribution in [2.45, 2.75) is 6.18 Å². The number of methoxy groups -OCH3 is 1. The third-order valence-corrected chi connectivity index (χ3v) is 2.42. The lowest BCUT2D eigenvalue weighted by molar-refractivity contribution is -0.137. The molecule has 6 nitrogen and oxygen atoms in total. The first kappa shape index (κ1) is 16.8. The van der Waals surface area contributed by atoms with E-state index in [1.807, 2.05) is 0 Å². The Balaban J connectivity index is 2.96. The molecule has 0 aliphatic rings. The fraction of sp³-hybridized carbons (Fsp3) is 0.333.